The van der Waals surface area contributed by atoms with Crippen LogP contribution in [0.15, 0.2) is 22.7 Å². The van der Waals surface area contributed by atoms with E-state index >= 15 is 0 Å². The number of nitrogens with one attached hydrogen (secondary N) is 2. The highest BCUT2D eigenvalue weighted by molar-refractivity contribution is 9.10. The monoisotopic (exact) mass is 314 g/mol. The molecule has 1 heterocycles. The first-order valence-corrected chi connectivity index (χ1v) is 6.93. The number of hydrogen-bond acceptors (Lipinski definition) is 2. The molecule has 1 saturated heterocycles. The first-order valence-electron chi connectivity index (χ1n) is 6.13. The van der Waals surface area contributed by atoms with Crippen molar-refractivity contribution in [3.8, 4) is 0 Å². The molecule has 1 amide bonds. The summed E-state index contributed by atoms with van der Waals surface area (Å²) in [6.07, 6.45) is 3.24. The maximum absolute atomic E-state index is 13.5. The molecule has 98 valence electrons. The van der Waals surface area contributed by atoms with Crippen LogP contribution >= 0.6 is 15.9 Å². The summed E-state index contributed by atoms with van der Waals surface area (Å²) in [5, 5.41) is 6.11. The molecule has 18 heavy (non-hydrogen) atoms. The molecule has 2 N–H and O–H groups in total. The molecular weight excluding hydrogens is 299 g/mol. The van der Waals surface area contributed by atoms with Crippen LogP contribution in [-0.4, -0.2) is 25.0 Å². The van der Waals surface area contributed by atoms with E-state index in [1.54, 1.807) is 6.07 Å². The van der Waals surface area contributed by atoms with Gasteiger partial charge in [0, 0.05) is 17.1 Å². The van der Waals surface area contributed by atoms with E-state index in [9.17, 15) is 9.18 Å². The summed E-state index contributed by atoms with van der Waals surface area (Å²) >= 11 is 3.16. The minimum Gasteiger partial charge on any atom is -0.352 e. The van der Waals surface area contributed by atoms with Gasteiger partial charge in [0.05, 0.1) is 5.56 Å². The molecule has 0 spiro atoms. The van der Waals surface area contributed by atoms with Crippen molar-refractivity contribution in [2.45, 2.75) is 25.3 Å². The van der Waals surface area contributed by atoms with Crippen LogP contribution in [0.25, 0.3) is 0 Å². The number of amides is 1. The van der Waals surface area contributed by atoms with Gasteiger partial charge in [-0.3, -0.25) is 4.79 Å². The Morgan fingerprint density at radius 1 is 1.56 bits per heavy atom. The highest BCUT2D eigenvalue weighted by Crippen LogP contribution is 2.15. The fraction of sp³-hybridized carbons (Fsp3) is 0.462. The van der Waals surface area contributed by atoms with Crippen molar-refractivity contribution in [3.05, 3.63) is 34.1 Å². The zero-order valence-corrected chi connectivity index (χ0v) is 11.6. The molecule has 0 aliphatic carbocycles. The second-order valence-corrected chi connectivity index (χ2v) is 5.38. The molecular formula is C13H16BrFN2O. The first kappa shape index (κ1) is 13.5. The van der Waals surface area contributed by atoms with Gasteiger partial charge in [0.25, 0.3) is 5.91 Å². The average Bonchev–Trinajstić information content (AvgIpc) is 2.81. The lowest BCUT2D eigenvalue weighted by Gasteiger charge is -2.11. The number of carbonyl (C=O) groups excluding carboxylic acids is 1. The summed E-state index contributed by atoms with van der Waals surface area (Å²) in [7, 11) is 0. The quantitative estimate of drug-likeness (QED) is 0.896. The Morgan fingerprint density at radius 2 is 2.39 bits per heavy atom. The highest BCUT2D eigenvalue weighted by Gasteiger charge is 2.15. The Bertz CT molecular complexity index is 433. The lowest BCUT2D eigenvalue weighted by atomic mass is 10.1. The Labute approximate surface area is 114 Å². The molecule has 3 nitrogen and oxygen atoms in total. The Hall–Kier alpha value is -0.940. The van der Waals surface area contributed by atoms with Gasteiger partial charge in [-0.2, -0.15) is 0 Å². The number of halogens is 2. The molecule has 1 aliphatic rings. The molecule has 0 bridgehead atoms. The van der Waals surface area contributed by atoms with E-state index in [1.807, 2.05) is 0 Å². The summed E-state index contributed by atoms with van der Waals surface area (Å²) in [5.74, 6) is -0.848. The van der Waals surface area contributed by atoms with Gasteiger partial charge in [-0.15, -0.1) is 0 Å². The summed E-state index contributed by atoms with van der Waals surface area (Å²) in [6.45, 7) is 1.63. The standard InChI is InChI=1S/C13H16BrFN2O/c14-9-3-4-11(12(15)8-9)13(18)17-7-5-10-2-1-6-16-10/h3-4,8,10,16H,1-2,5-7H2,(H,17,18)/t10-/m0/s1. The number of rotatable bonds is 4. The van der Waals surface area contributed by atoms with E-state index in [4.69, 9.17) is 0 Å². The molecule has 1 aliphatic heterocycles. The second kappa shape index (κ2) is 6.29. The van der Waals surface area contributed by atoms with Gasteiger partial charge >= 0.3 is 0 Å². The maximum Gasteiger partial charge on any atom is 0.254 e. The SMILES string of the molecule is O=C(NCC[C@@H]1CCCN1)c1ccc(Br)cc1F. The second-order valence-electron chi connectivity index (χ2n) is 4.46. The molecule has 0 radical (unpaired) electrons. The fourth-order valence-electron chi connectivity index (χ4n) is 2.13. The van der Waals surface area contributed by atoms with Crippen molar-refractivity contribution < 1.29 is 9.18 Å². The third-order valence-electron chi connectivity index (χ3n) is 3.12. The first-order chi connectivity index (χ1) is 8.66. The molecule has 1 aromatic rings. The molecule has 0 unspecified atom stereocenters. The van der Waals surface area contributed by atoms with Crippen molar-refractivity contribution >= 4 is 21.8 Å². The number of hydrogen-bond donors (Lipinski definition) is 2. The third-order valence-corrected chi connectivity index (χ3v) is 3.61. The predicted molar refractivity (Wildman–Crippen MR) is 72.1 cm³/mol. The van der Waals surface area contributed by atoms with Crippen LogP contribution in [0.2, 0.25) is 0 Å². The van der Waals surface area contributed by atoms with Crippen LogP contribution in [0, 0.1) is 5.82 Å². The third kappa shape index (κ3) is 3.53. The van der Waals surface area contributed by atoms with Crippen LogP contribution in [-0.2, 0) is 0 Å². The summed E-state index contributed by atoms with van der Waals surface area (Å²) < 4.78 is 14.2. The van der Waals surface area contributed by atoms with Crippen LogP contribution in [0.4, 0.5) is 4.39 Å². The molecule has 0 saturated carbocycles. The zero-order chi connectivity index (χ0) is 13.0. The van der Waals surface area contributed by atoms with Crippen LogP contribution in [0.3, 0.4) is 0 Å². The van der Waals surface area contributed by atoms with Gasteiger partial charge in [0.15, 0.2) is 0 Å². The van der Waals surface area contributed by atoms with Gasteiger partial charge in [-0.05, 0) is 44.0 Å². The van der Waals surface area contributed by atoms with Gasteiger partial charge in [-0.1, -0.05) is 15.9 Å². The smallest absolute Gasteiger partial charge is 0.254 e. The van der Waals surface area contributed by atoms with E-state index in [0.717, 1.165) is 19.4 Å². The molecule has 0 aromatic heterocycles. The van der Waals surface area contributed by atoms with Gasteiger partial charge in [0.2, 0.25) is 0 Å². The van der Waals surface area contributed by atoms with Crippen molar-refractivity contribution in [2.75, 3.05) is 13.1 Å². The van der Waals surface area contributed by atoms with Crippen molar-refractivity contribution in [2.24, 2.45) is 0 Å². The average molecular weight is 315 g/mol. The normalized spacial score (nSPS) is 18.9. The van der Waals surface area contributed by atoms with Gasteiger partial charge in [0.1, 0.15) is 5.82 Å². The lowest BCUT2D eigenvalue weighted by molar-refractivity contribution is 0.0948. The minimum atomic E-state index is -0.499. The van der Waals surface area contributed by atoms with E-state index in [-0.39, 0.29) is 11.5 Å². The van der Waals surface area contributed by atoms with Crippen molar-refractivity contribution in [1.82, 2.24) is 10.6 Å². The number of benzene rings is 1. The Morgan fingerprint density at radius 3 is 3.06 bits per heavy atom. The Balaban J connectivity index is 1.83. The minimum absolute atomic E-state index is 0.0950. The van der Waals surface area contributed by atoms with Crippen molar-refractivity contribution in [1.29, 1.82) is 0 Å². The summed E-state index contributed by atoms with van der Waals surface area (Å²) in [5.41, 5.74) is 0.0950. The number of carbonyl (C=O) groups is 1. The van der Waals surface area contributed by atoms with Crippen LogP contribution in [0.5, 0.6) is 0 Å². The van der Waals surface area contributed by atoms with E-state index < -0.39 is 5.82 Å². The van der Waals surface area contributed by atoms with E-state index in [1.165, 1.54) is 18.6 Å². The fourth-order valence-corrected chi connectivity index (χ4v) is 2.47. The maximum atomic E-state index is 13.5. The topological polar surface area (TPSA) is 41.1 Å². The summed E-state index contributed by atoms with van der Waals surface area (Å²) in [4.78, 5) is 11.8. The van der Waals surface area contributed by atoms with E-state index in [0.29, 0.717) is 17.1 Å². The van der Waals surface area contributed by atoms with Crippen LogP contribution < -0.4 is 10.6 Å². The van der Waals surface area contributed by atoms with Gasteiger partial charge < -0.3 is 10.6 Å². The van der Waals surface area contributed by atoms with Gasteiger partial charge in [-0.25, -0.2) is 4.39 Å². The van der Waals surface area contributed by atoms with Crippen LogP contribution in [0.1, 0.15) is 29.6 Å². The molecule has 1 aromatic carbocycles. The molecule has 5 heteroatoms. The highest BCUT2D eigenvalue weighted by atomic mass is 79.9. The van der Waals surface area contributed by atoms with E-state index in [2.05, 4.69) is 26.6 Å². The Kier molecular flexibility index (Phi) is 4.72. The van der Waals surface area contributed by atoms with Crippen molar-refractivity contribution in [3.63, 3.8) is 0 Å². The molecule has 1 fully saturated rings. The predicted octanol–water partition coefficient (Wildman–Crippen LogP) is 2.46. The molecule has 2 rings (SSSR count). The largest absolute Gasteiger partial charge is 0.352 e. The summed E-state index contributed by atoms with van der Waals surface area (Å²) in [6, 6.07) is 4.94. The lowest BCUT2D eigenvalue weighted by Crippen LogP contribution is -2.31. The molecule has 1 atom stereocenters. The zero-order valence-electron chi connectivity index (χ0n) is 10.0.